The molecule has 1 nitrogen and oxygen atoms in total. The molecule has 2 rings (SSSR count). The molecule has 1 aromatic carbocycles. The molecular formula is C17H25F2N. The molecule has 1 aliphatic rings. The Hall–Kier alpha value is -0.960. The number of hydrogen-bond donors (Lipinski definition) is 1. The van der Waals surface area contributed by atoms with E-state index in [1.165, 1.54) is 6.07 Å². The van der Waals surface area contributed by atoms with Gasteiger partial charge in [0.15, 0.2) is 0 Å². The van der Waals surface area contributed by atoms with Gasteiger partial charge >= 0.3 is 0 Å². The summed E-state index contributed by atoms with van der Waals surface area (Å²) < 4.78 is 27.2. The fraction of sp³-hybridized carbons (Fsp3) is 0.647. The first kappa shape index (κ1) is 15.4. The van der Waals surface area contributed by atoms with E-state index in [1.54, 1.807) is 6.07 Å². The molecule has 0 bridgehead atoms. The molecule has 1 N–H and O–H groups in total. The molecule has 1 aromatic rings. The first-order valence-corrected chi connectivity index (χ1v) is 7.40. The molecule has 112 valence electrons. The third kappa shape index (κ3) is 3.20. The van der Waals surface area contributed by atoms with Crippen molar-refractivity contribution in [2.24, 2.45) is 11.3 Å². The second-order valence-electron chi connectivity index (χ2n) is 7.45. The highest BCUT2D eigenvalue weighted by molar-refractivity contribution is 5.32. The highest BCUT2D eigenvalue weighted by atomic mass is 19.1. The van der Waals surface area contributed by atoms with Crippen molar-refractivity contribution < 1.29 is 8.78 Å². The fourth-order valence-electron chi connectivity index (χ4n) is 3.71. The van der Waals surface area contributed by atoms with Crippen molar-refractivity contribution in [3.8, 4) is 0 Å². The average Bonchev–Trinajstić information content (AvgIpc) is 2.25. The van der Waals surface area contributed by atoms with Gasteiger partial charge in [0.2, 0.25) is 0 Å². The van der Waals surface area contributed by atoms with Crippen LogP contribution in [-0.4, -0.2) is 13.1 Å². The highest BCUT2D eigenvalue weighted by Gasteiger charge is 2.50. The van der Waals surface area contributed by atoms with Gasteiger partial charge in [-0.05, 0) is 42.3 Å². The molecule has 0 spiro atoms. The average molecular weight is 281 g/mol. The summed E-state index contributed by atoms with van der Waals surface area (Å²) in [7, 11) is 0. The number of benzene rings is 1. The highest BCUT2D eigenvalue weighted by Crippen LogP contribution is 2.55. The maximum atomic E-state index is 14.1. The van der Waals surface area contributed by atoms with E-state index >= 15 is 0 Å². The zero-order valence-corrected chi connectivity index (χ0v) is 12.9. The summed E-state index contributed by atoms with van der Waals surface area (Å²) in [5.41, 5.74) is 0.714. The molecule has 3 heteroatoms. The predicted molar refractivity (Wildman–Crippen MR) is 78.8 cm³/mol. The van der Waals surface area contributed by atoms with Crippen LogP contribution >= 0.6 is 0 Å². The summed E-state index contributed by atoms with van der Waals surface area (Å²) in [5.74, 6) is -0.347. The second-order valence-corrected chi connectivity index (χ2v) is 7.45. The Kier molecular flexibility index (Phi) is 4.19. The Bertz CT molecular complexity index is 472. The van der Waals surface area contributed by atoms with Crippen LogP contribution in [0.3, 0.4) is 0 Å². The molecule has 0 radical (unpaired) electrons. The van der Waals surface area contributed by atoms with E-state index in [9.17, 15) is 8.78 Å². The maximum absolute atomic E-state index is 14.1. The van der Waals surface area contributed by atoms with Gasteiger partial charge in [0.05, 0.1) is 0 Å². The Balaban J connectivity index is 2.19. The van der Waals surface area contributed by atoms with Gasteiger partial charge in [0.25, 0.3) is 0 Å². The monoisotopic (exact) mass is 281 g/mol. The summed E-state index contributed by atoms with van der Waals surface area (Å²) in [5, 5.41) is 3.45. The quantitative estimate of drug-likeness (QED) is 0.850. The molecule has 1 saturated carbocycles. The van der Waals surface area contributed by atoms with Gasteiger partial charge in [0.1, 0.15) is 11.6 Å². The van der Waals surface area contributed by atoms with Crippen molar-refractivity contribution in [2.45, 2.75) is 46.0 Å². The van der Waals surface area contributed by atoms with Crippen LogP contribution < -0.4 is 5.32 Å². The summed E-state index contributed by atoms with van der Waals surface area (Å²) in [6.45, 7) is 10.4. The van der Waals surface area contributed by atoms with Crippen LogP contribution in [0.25, 0.3) is 0 Å². The van der Waals surface area contributed by atoms with Gasteiger partial charge < -0.3 is 5.32 Å². The van der Waals surface area contributed by atoms with E-state index < -0.39 is 11.6 Å². The minimum atomic E-state index is -0.505. The minimum absolute atomic E-state index is 0.184. The van der Waals surface area contributed by atoms with Crippen LogP contribution in [0.5, 0.6) is 0 Å². The molecule has 1 fully saturated rings. The summed E-state index contributed by atoms with van der Waals surface area (Å²) in [4.78, 5) is 0. The summed E-state index contributed by atoms with van der Waals surface area (Å²) >= 11 is 0. The largest absolute Gasteiger partial charge is 0.316 e. The van der Waals surface area contributed by atoms with Crippen molar-refractivity contribution in [3.63, 3.8) is 0 Å². The minimum Gasteiger partial charge on any atom is -0.316 e. The molecule has 20 heavy (non-hydrogen) atoms. The van der Waals surface area contributed by atoms with Crippen molar-refractivity contribution in [3.05, 3.63) is 35.4 Å². The van der Waals surface area contributed by atoms with Crippen molar-refractivity contribution >= 4 is 0 Å². The van der Waals surface area contributed by atoms with Gasteiger partial charge in [-0.1, -0.05) is 33.8 Å². The summed E-state index contributed by atoms with van der Waals surface area (Å²) in [6.07, 6.45) is 1.88. The molecule has 1 aliphatic carbocycles. The third-order valence-corrected chi connectivity index (χ3v) is 4.15. The van der Waals surface area contributed by atoms with E-state index in [0.29, 0.717) is 11.5 Å². The molecule has 0 aliphatic heterocycles. The zero-order valence-electron chi connectivity index (χ0n) is 12.9. The molecule has 0 unspecified atom stereocenters. The van der Waals surface area contributed by atoms with Crippen LogP contribution in [0.2, 0.25) is 0 Å². The number of rotatable bonds is 5. The smallest absolute Gasteiger partial charge is 0.129 e. The first-order valence-electron chi connectivity index (χ1n) is 7.40. The Morgan fingerprint density at radius 2 is 1.85 bits per heavy atom. The zero-order chi connectivity index (χ0) is 15.0. The molecule has 0 amide bonds. The van der Waals surface area contributed by atoms with Crippen LogP contribution in [0, 0.1) is 23.0 Å². The van der Waals surface area contributed by atoms with E-state index in [0.717, 1.165) is 32.0 Å². The van der Waals surface area contributed by atoms with E-state index in [-0.39, 0.29) is 10.8 Å². The van der Waals surface area contributed by atoms with Crippen LogP contribution in [0.4, 0.5) is 8.78 Å². The predicted octanol–water partition coefficient (Wildman–Crippen LogP) is 4.27. The lowest BCUT2D eigenvalue weighted by molar-refractivity contribution is 0.0530. The van der Waals surface area contributed by atoms with E-state index in [1.807, 2.05) is 0 Å². The Morgan fingerprint density at radius 3 is 2.35 bits per heavy atom. The van der Waals surface area contributed by atoms with Crippen LogP contribution in [-0.2, 0) is 5.41 Å². The number of hydrogen-bond acceptors (Lipinski definition) is 1. The first-order chi connectivity index (χ1) is 9.24. The van der Waals surface area contributed by atoms with E-state index in [2.05, 4.69) is 33.0 Å². The number of nitrogens with one attached hydrogen (secondary N) is 1. The molecule has 0 aromatic heterocycles. The standard InChI is InChI=1S/C17H25F2N/c1-12(2)8-20-11-17(9-16(3,4)10-17)14-6-5-13(18)7-15(14)19/h5-7,12,20H,8-11H2,1-4H3. The van der Waals surface area contributed by atoms with Crippen molar-refractivity contribution in [1.29, 1.82) is 0 Å². The third-order valence-electron chi connectivity index (χ3n) is 4.15. The van der Waals surface area contributed by atoms with Gasteiger partial charge in [-0.15, -0.1) is 0 Å². The summed E-state index contributed by atoms with van der Waals surface area (Å²) in [6, 6.07) is 4.00. The second kappa shape index (κ2) is 5.44. The van der Waals surface area contributed by atoms with Crippen LogP contribution in [0.15, 0.2) is 18.2 Å². The maximum Gasteiger partial charge on any atom is 0.129 e. The molecule has 0 atom stereocenters. The van der Waals surface area contributed by atoms with E-state index in [4.69, 9.17) is 0 Å². The molecular weight excluding hydrogens is 256 g/mol. The molecule has 0 saturated heterocycles. The molecule has 0 heterocycles. The van der Waals surface area contributed by atoms with Crippen molar-refractivity contribution in [1.82, 2.24) is 5.32 Å². The number of halogens is 2. The fourth-order valence-corrected chi connectivity index (χ4v) is 3.71. The lowest BCUT2D eigenvalue weighted by Crippen LogP contribution is -2.53. The van der Waals surface area contributed by atoms with Gasteiger partial charge in [-0.2, -0.15) is 0 Å². The Labute approximate surface area is 120 Å². The van der Waals surface area contributed by atoms with Gasteiger partial charge in [-0.25, -0.2) is 8.78 Å². The lowest BCUT2D eigenvalue weighted by Gasteiger charge is -2.54. The van der Waals surface area contributed by atoms with Crippen LogP contribution in [0.1, 0.15) is 46.1 Å². The van der Waals surface area contributed by atoms with Crippen molar-refractivity contribution in [2.75, 3.05) is 13.1 Å². The topological polar surface area (TPSA) is 12.0 Å². The Morgan fingerprint density at radius 1 is 1.20 bits per heavy atom. The lowest BCUT2D eigenvalue weighted by atomic mass is 9.51. The SMILES string of the molecule is CC(C)CNCC1(c2ccc(F)cc2F)CC(C)(C)C1. The van der Waals surface area contributed by atoms with Gasteiger partial charge in [-0.3, -0.25) is 0 Å². The van der Waals surface area contributed by atoms with Gasteiger partial charge in [0, 0.05) is 18.0 Å². The normalized spacial score (nSPS) is 19.9.